The van der Waals surface area contributed by atoms with Crippen molar-refractivity contribution in [1.29, 1.82) is 0 Å². The molecule has 17 heavy (non-hydrogen) atoms. The fraction of sp³-hybridized carbons (Fsp3) is 0.636. The lowest BCUT2D eigenvalue weighted by Crippen LogP contribution is -2.49. The highest BCUT2D eigenvalue weighted by atomic mass is 32.1. The van der Waals surface area contributed by atoms with Crippen molar-refractivity contribution in [2.45, 2.75) is 31.8 Å². The van der Waals surface area contributed by atoms with E-state index in [-0.39, 0.29) is 18.7 Å². The number of hydrogen-bond donors (Lipinski definition) is 2. The van der Waals surface area contributed by atoms with E-state index in [0.717, 1.165) is 30.8 Å². The highest BCUT2D eigenvalue weighted by Crippen LogP contribution is 2.16. The maximum atomic E-state index is 11.9. The van der Waals surface area contributed by atoms with E-state index >= 15 is 0 Å². The summed E-state index contributed by atoms with van der Waals surface area (Å²) in [6.45, 7) is 1.24. The second-order valence-corrected chi connectivity index (χ2v) is 5.09. The fourth-order valence-corrected chi connectivity index (χ4v) is 2.61. The highest BCUT2D eigenvalue weighted by Gasteiger charge is 2.25. The number of nitrogens with zero attached hydrogens (tertiary/aromatic N) is 2. The molecule has 94 valence electrons. The van der Waals surface area contributed by atoms with Gasteiger partial charge in [0.2, 0.25) is 0 Å². The van der Waals surface area contributed by atoms with E-state index in [1.54, 1.807) is 11.1 Å². The van der Waals surface area contributed by atoms with Crippen molar-refractivity contribution in [2.24, 2.45) is 0 Å². The van der Waals surface area contributed by atoms with Crippen LogP contribution in [0, 0.1) is 0 Å². The molecule has 1 fully saturated rings. The van der Waals surface area contributed by atoms with Gasteiger partial charge in [-0.3, -0.25) is 0 Å². The number of thiazole rings is 1. The predicted octanol–water partition coefficient (Wildman–Crippen LogP) is 1.20. The molecule has 5 nitrogen and oxygen atoms in total. The minimum absolute atomic E-state index is 0.0277. The molecule has 0 radical (unpaired) electrons. The zero-order valence-corrected chi connectivity index (χ0v) is 10.4. The largest absolute Gasteiger partial charge is 0.394 e. The number of carbonyl (C=O) groups excluding carboxylic acids is 1. The summed E-state index contributed by atoms with van der Waals surface area (Å²) < 4.78 is 0. The Labute approximate surface area is 104 Å². The van der Waals surface area contributed by atoms with Crippen LogP contribution in [-0.2, 0) is 6.54 Å². The molecular formula is C11H17N3O2S. The summed E-state index contributed by atoms with van der Waals surface area (Å²) in [5.41, 5.74) is 0. The number of likely N-dealkylation sites (tertiary alicyclic amines) is 1. The second-order valence-electron chi connectivity index (χ2n) is 4.11. The molecule has 1 aliphatic rings. The van der Waals surface area contributed by atoms with Crippen molar-refractivity contribution in [3.63, 3.8) is 0 Å². The lowest BCUT2D eigenvalue weighted by Gasteiger charge is -2.34. The van der Waals surface area contributed by atoms with Crippen LogP contribution >= 0.6 is 11.3 Å². The summed E-state index contributed by atoms with van der Waals surface area (Å²) in [5, 5.41) is 14.9. The third kappa shape index (κ3) is 3.17. The number of aromatic nitrogens is 1. The molecule has 0 aliphatic carbocycles. The van der Waals surface area contributed by atoms with E-state index in [9.17, 15) is 9.90 Å². The number of aliphatic hydroxyl groups excluding tert-OH is 1. The first-order valence-corrected chi connectivity index (χ1v) is 6.73. The summed E-state index contributed by atoms with van der Waals surface area (Å²) in [6.07, 6.45) is 4.72. The molecule has 1 unspecified atom stereocenters. The molecule has 2 amide bonds. The van der Waals surface area contributed by atoms with Gasteiger partial charge in [-0.1, -0.05) is 0 Å². The lowest BCUT2D eigenvalue weighted by atomic mass is 10.0. The van der Waals surface area contributed by atoms with Crippen molar-refractivity contribution < 1.29 is 9.90 Å². The van der Waals surface area contributed by atoms with E-state index < -0.39 is 0 Å². The zero-order chi connectivity index (χ0) is 12.1. The summed E-state index contributed by atoms with van der Waals surface area (Å²) in [7, 11) is 0. The number of nitrogens with one attached hydrogen (secondary N) is 1. The topological polar surface area (TPSA) is 65.5 Å². The number of aliphatic hydroxyl groups is 1. The van der Waals surface area contributed by atoms with Gasteiger partial charge in [-0.2, -0.15) is 0 Å². The quantitative estimate of drug-likeness (QED) is 0.853. The number of carbonyl (C=O) groups is 1. The molecule has 1 atom stereocenters. The average molecular weight is 255 g/mol. The van der Waals surface area contributed by atoms with Crippen LogP contribution in [0.2, 0.25) is 0 Å². The van der Waals surface area contributed by atoms with Crippen molar-refractivity contribution >= 4 is 17.4 Å². The molecule has 2 rings (SSSR count). The Morgan fingerprint density at radius 1 is 1.65 bits per heavy atom. The summed E-state index contributed by atoms with van der Waals surface area (Å²) in [5.74, 6) is 0. The maximum absolute atomic E-state index is 11.9. The van der Waals surface area contributed by atoms with E-state index in [0.29, 0.717) is 6.54 Å². The maximum Gasteiger partial charge on any atom is 0.318 e. The van der Waals surface area contributed by atoms with Crippen LogP contribution in [0.1, 0.15) is 24.3 Å². The van der Waals surface area contributed by atoms with Gasteiger partial charge >= 0.3 is 6.03 Å². The first kappa shape index (κ1) is 12.3. The smallest absolute Gasteiger partial charge is 0.318 e. The van der Waals surface area contributed by atoms with Crippen molar-refractivity contribution in [2.75, 3.05) is 13.2 Å². The number of amides is 2. The van der Waals surface area contributed by atoms with Crippen LogP contribution in [-0.4, -0.2) is 40.2 Å². The third-order valence-corrected chi connectivity index (χ3v) is 3.75. The van der Waals surface area contributed by atoms with Crippen LogP contribution in [0.4, 0.5) is 4.79 Å². The summed E-state index contributed by atoms with van der Waals surface area (Å²) >= 11 is 1.52. The molecule has 1 saturated heterocycles. The highest BCUT2D eigenvalue weighted by molar-refractivity contribution is 7.09. The number of urea groups is 1. The number of rotatable bonds is 3. The Morgan fingerprint density at radius 3 is 3.24 bits per heavy atom. The van der Waals surface area contributed by atoms with Gasteiger partial charge in [0, 0.05) is 18.1 Å². The van der Waals surface area contributed by atoms with Crippen LogP contribution < -0.4 is 5.32 Å². The van der Waals surface area contributed by atoms with Gasteiger partial charge in [0.15, 0.2) is 0 Å². The van der Waals surface area contributed by atoms with E-state index in [1.165, 1.54) is 11.3 Å². The third-order valence-electron chi connectivity index (χ3n) is 2.97. The zero-order valence-electron chi connectivity index (χ0n) is 9.63. The SMILES string of the molecule is O=C(NCc1nccs1)N1CCCCC1CO. The molecule has 2 N–H and O–H groups in total. The standard InChI is InChI=1S/C11H17N3O2S/c15-8-9-3-1-2-5-14(9)11(16)13-7-10-12-4-6-17-10/h4,6,9,15H,1-3,5,7-8H2,(H,13,16). The second kappa shape index (κ2) is 5.97. The van der Waals surface area contributed by atoms with Gasteiger partial charge in [-0.25, -0.2) is 9.78 Å². The van der Waals surface area contributed by atoms with E-state index in [1.807, 2.05) is 5.38 Å². The normalized spacial score (nSPS) is 20.3. The molecule has 0 saturated carbocycles. The molecule has 1 aromatic heterocycles. The Hall–Kier alpha value is -1.14. The van der Waals surface area contributed by atoms with Gasteiger partial charge in [0.25, 0.3) is 0 Å². The lowest BCUT2D eigenvalue weighted by molar-refractivity contribution is 0.108. The molecule has 2 heterocycles. The average Bonchev–Trinajstić information content (AvgIpc) is 2.89. The molecular weight excluding hydrogens is 238 g/mol. The molecule has 1 aliphatic heterocycles. The monoisotopic (exact) mass is 255 g/mol. The fourth-order valence-electron chi connectivity index (χ4n) is 2.05. The van der Waals surface area contributed by atoms with Crippen LogP contribution in [0.25, 0.3) is 0 Å². The molecule has 1 aromatic rings. The van der Waals surface area contributed by atoms with Crippen molar-refractivity contribution in [3.05, 3.63) is 16.6 Å². The van der Waals surface area contributed by atoms with E-state index in [2.05, 4.69) is 10.3 Å². The minimum atomic E-state index is -0.0982. The van der Waals surface area contributed by atoms with Gasteiger partial charge < -0.3 is 15.3 Å². The van der Waals surface area contributed by atoms with Crippen LogP contribution in [0.15, 0.2) is 11.6 Å². The number of piperidine rings is 1. The minimum Gasteiger partial charge on any atom is -0.394 e. The summed E-state index contributed by atoms with van der Waals surface area (Å²) in [6, 6.07) is -0.126. The number of hydrogen-bond acceptors (Lipinski definition) is 4. The van der Waals surface area contributed by atoms with E-state index in [4.69, 9.17) is 0 Å². The Bertz CT molecular complexity index is 356. The summed E-state index contributed by atoms with van der Waals surface area (Å²) in [4.78, 5) is 17.8. The first-order valence-electron chi connectivity index (χ1n) is 5.85. The van der Waals surface area contributed by atoms with Crippen LogP contribution in [0.3, 0.4) is 0 Å². The Kier molecular flexibility index (Phi) is 4.33. The molecule has 0 spiro atoms. The molecule has 6 heteroatoms. The van der Waals surface area contributed by atoms with Gasteiger partial charge in [0.05, 0.1) is 19.2 Å². The van der Waals surface area contributed by atoms with Crippen LogP contribution in [0.5, 0.6) is 0 Å². The van der Waals surface area contributed by atoms with Crippen molar-refractivity contribution in [1.82, 2.24) is 15.2 Å². The Balaban J connectivity index is 1.85. The first-order chi connectivity index (χ1) is 8.31. The van der Waals surface area contributed by atoms with Crippen molar-refractivity contribution in [3.8, 4) is 0 Å². The predicted molar refractivity (Wildman–Crippen MR) is 65.8 cm³/mol. The van der Waals surface area contributed by atoms with Gasteiger partial charge in [-0.15, -0.1) is 11.3 Å². The van der Waals surface area contributed by atoms with Gasteiger partial charge in [-0.05, 0) is 19.3 Å². The van der Waals surface area contributed by atoms with Gasteiger partial charge in [0.1, 0.15) is 5.01 Å². The molecule has 0 bridgehead atoms. The Morgan fingerprint density at radius 2 is 2.53 bits per heavy atom. The molecule has 0 aromatic carbocycles.